The van der Waals surface area contributed by atoms with Crippen molar-refractivity contribution >= 4 is 29.4 Å². The van der Waals surface area contributed by atoms with Gasteiger partial charge in [-0.05, 0) is 61.3 Å². The molecular weight excluding hydrogens is 354 g/mol. The first-order valence-electron chi connectivity index (χ1n) is 9.18. The Morgan fingerprint density at radius 1 is 1.27 bits per heavy atom. The predicted octanol–water partition coefficient (Wildman–Crippen LogP) is 2.07. The van der Waals surface area contributed by atoms with Crippen LogP contribution in [0.3, 0.4) is 0 Å². The Balaban J connectivity index is 1.35. The highest BCUT2D eigenvalue weighted by atomic mass is 35.5. The molecule has 5 rings (SSSR count). The van der Waals surface area contributed by atoms with Gasteiger partial charge in [-0.2, -0.15) is 0 Å². The Kier molecular flexibility index (Phi) is 3.38. The van der Waals surface area contributed by atoms with Crippen LogP contribution in [0.15, 0.2) is 18.2 Å². The Hall–Kier alpha value is -2.08. The summed E-state index contributed by atoms with van der Waals surface area (Å²) in [7, 11) is 0. The van der Waals surface area contributed by atoms with Crippen LogP contribution in [0, 0.1) is 17.8 Å². The van der Waals surface area contributed by atoms with E-state index in [1.54, 1.807) is 0 Å². The van der Waals surface area contributed by atoms with Crippen molar-refractivity contribution in [1.82, 2.24) is 16.0 Å². The van der Waals surface area contributed by atoms with Gasteiger partial charge >= 0.3 is 6.03 Å². The molecule has 3 aliphatic carbocycles. The summed E-state index contributed by atoms with van der Waals surface area (Å²) in [6, 6.07) is 5.37. The van der Waals surface area contributed by atoms with Gasteiger partial charge in [0.2, 0.25) is 5.91 Å². The van der Waals surface area contributed by atoms with E-state index >= 15 is 0 Å². The zero-order valence-corrected chi connectivity index (χ0v) is 14.9. The number of carbonyl (C=O) groups excluding carboxylic acids is 3. The molecule has 136 valence electrons. The molecule has 3 fully saturated rings. The molecule has 3 N–H and O–H groups in total. The molecule has 1 spiro atoms. The third-order valence-electron chi connectivity index (χ3n) is 6.71. The number of halogens is 1. The van der Waals surface area contributed by atoms with E-state index in [0.29, 0.717) is 17.4 Å². The first-order chi connectivity index (χ1) is 12.5. The molecule has 4 amide bonds. The van der Waals surface area contributed by atoms with Gasteiger partial charge in [0.15, 0.2) is 0 Å². The standard InChI is InChI=1S/C19H20ClN3O3/c20-11-2-3-12-10(7-11)1-4-15(12)21-16(24)13-5-9-6-14(13)19(8-9)17(25)22-18(26)23-19/h2-3,7,9,13-15H,1,4-6,8H2,(H,21,24)(H2,22,23,25,26)/t9-,13+,14-,15-,19-/m0/s1. The van der Waals surface area contributed by atoms with Crippen molar-refractivity contribution in [2.75, 3.05) is 0 Å². The van der Waals surface area contributed by atoms with Gasteiger partial charge in [0.05, 0.1) is 6.04 Å². The largest absolute Gasteiger partial charge is 0.349 e. The first-order valence-corrected chi connectivity index (χ1v) is 9.56. The fraction of sp³-hybridized carbons (Fsp3) is 0.526. The van der Waals surface area contributed by atoms with Gasteiger partial charge in [0.1, 0.15) is 5.54 Å². The number of hydrogen-bond acceptors (Lipinski definition) is 3. The van der Waals surface area contributed by atoms with Crippen molar-refractivity contribution in [2.45, 2.75) is 43.7 Å². The van der Waals surface area contributed by atoms with Crippen molar-refractivity contribution in [1.29, 1.82) is 0 Å². The lowest BCUT2D eigenvalue weighted by Crippen LogP contribution is -2.55. The number of imide groups is 1. The Bertz CT molecular complexity index is 841. The van der Waals surface area contributed by atoms with Gasteiger partial charge in [0.25, 0.3) is 5.91 Å². The number of aryl methyl sites for hydroxylation is 1. The van der Waals surface area contributed by atoms with Crippen molar-refractivity contribution in [3.05, 3.63) is 34.3 Å². The second-order valence-electron chi connectivity index (χ2n) is 8.08. The quantitative estimate of drug-likeness (QED) is 0.693. The maximum atomic E-state index is 13.0. The van der Waals surface area contributed by atoms with E-state index in [1.165, 1.54) is 5.56 Å². The van der Waals surface area contributed by atoms with Gasteiger partial charge in [-0.3, -0.25) is 14.9 Å². The Morgan fingerprint density at radius 3 is 2.85 bits per heavy atom. The van der Waals surface area contributed by atoms with E-state index in [0.717, 1.165) is 31.2 Å². The molecule has 1 saturated heterocycles. The van der Waals surface area contributed by atoms with Crippen molar-refractivity contribution in [3.63, 3.8) is 0 Å². The molecule has 1 heterocycles. The number of carbonyl (C=O) groups is 3. The highest BCUT2D eigenvalue weighted by molar-refractivity contribution is 6.30. The molecular formula is C19H20ClN3O3. The van der Waals surface area contributed by atoms with Crippen molar-refractivity contribution < 1.29 is 14.4 Å². The zero-order chi connectivity index (χ0) is 18.1. The van der Waals surface area contributed by atoms with E-state index in [9.17, 15) is 14.4 Å². The SMILES string of the molecule is O=C1NC(=O)[C@@]2(C[C@H]3C[C@@H](C(=O)N[C@H]4CCc5cc(Cl)ccc54)[C@@H]2C3)N1. The number of amides is 4. The topological polar surface area (TPSA) is 87.3 Å². The van der Waals surface area contributed by atoms with Crippen molar-refractivity contribution in [2.24, 2.45) is 17.8 Å². The molecule has 26 heavy (non-hydrogen) atoms. The summed E-state index contributed by atoms with van der Waals surface area (Å²) in [5.41, 5.74) is 1.44. The Morgan fingerprint density at radius 2 is 2.12 bits per heavy atom. The summed E-state index contributed by atoms with van der Waals surface area (Å²) in [5.74, 6) is -0.305. The summed E-state index contributed by atoms with van der Waals surface area (Å²) < 4.78 is 0. The molecule has 1 aliphatic heterocycles. The lowest BCUT2D eigenvalue weighted by Gasteiger charge is -2.35. The van der Waals surface area contributed by atoms with E-state index in [-0.39, 0.29) is 29.7 Å². The van der Waals surface area contributed by atoms with Crippen LogP contribution in [-0.2, 0) is 16.0 Å². The number of benzene rings is 1. The lowest BCUT2D eigenvalue weighted by molar-refractivity contribution is -0.132. The monoisotopic (exact) mass is 373 g/mol. The van der Waals surface area contributed by atoms with Crippen LogP contribution in [-0.4, -0.2) is 23.4 Å². The molecule has 1 aromatic carbocycles. The highest BCUT2D eigenvalue weighted by Crippen LogP contribution is 2.55. The summed E-state index contributed by atoms with van der Waals surface area (Å²) in [6.07, 6.45) is 4.03. The second kappa shape index (κ2) is 5.46. The molecule has 6 nitrogen and oxygen atoms in total. The minimum absolute atomic E-state index is 0.00155. The summed E-state index contributed by atoms with van der Waals surface area (Å²) in [6.45, 7) is 0. The van der Waals surface area contributed by atoms with Crippen LogP contribution in [0.2, 0.25) is 5.02 Å². The molecule has 0 unspecified atom stereocenters. The molecule has 0 aromatic heterocycles. The third kappa shape index (κ3) is 2.21. The second-order valence-corrected chi connectivity index (χ2v) is 8.51. The molecule has 2 saturated carbocycles. The van der Waals surface area contributed by atoms with Gasteiger partial charge < -0.3 is 10.6 Å². The summed E-state index contributed by atoms with van der Waals surface area (Å²) in [5, 5.41) is 9.07. The summed E-state index contributed by atoms with van der Waals surface area (Å²) >= 11 is 6.06. The van der Waals surface area contributed by atoms with Gasteiger partial charge in [-0.25, -0.2) is 4.79 Å². The maximum Gasteiger partial charge on any atom is 0.322 e. The van der Waals surface area contributed by atoms with Gasteiger partial charge in [0, 0.05) is 16.9 Å². The number of hydrogen-bond donors (Lipinski definition) is 3. The smallest absolute Gasteiger partial charge is 0.322 e. The fourth-order valence-corrected chi connectivity index (χ4v) is 5.87. The molecule has 7 heteroatoms. The van der Waals surface area contributed by atoms with E-state index in [1.807, 2.05) is 18.2 Å². The van der Waals surface area contributed by atoms with E-state index in [4.69, 9.17) is 11.6 Å². The zero-order valence-electron chi connectivity index (χ0n) is 14.2. The van der Waals surface area contributed by atoms with E-state index in [2.05, 4.69) is 16.0 Å². The van der Waals surface area contributed by atoms with Crippen LogP contribution in [0.4, 0.5) is 4.79 Å². The minimum Gasteiger partial charge on any atom is -0.349 e. The highest BCUT2D eigenvalue weighted by Gasteiger charge is 2.64. The van der Waals surface area contributed by atoms with Gasteiger partial charge in [-0.1, -0.05) is 17.7 Å². The fourth-order valence-electron chi connectivity index (χ4n) is 5.68. The Labute approximate surface area is 156 Å². The average molecular weight is 374 g/mol. The van der Waals surface area contributed by atoms with Crippen LogP contribution >= 0.6 is 11.6 Å². The van der Waals surface area contributed by atoms with Crippen LogP contribution in [0.25, 0.3) is 0 Å². The molecule has 5 atom stereocenters. The number of rotatable bonds is 2. The molecule has 4 aliphatic rings. The van der Waals surface area contributed by atoms with Crippen molar-refractivity contribution in [3.8, 4) is 0 Å². The molecule has 1 aromatic rings. The number of fused-ring (bicyclic) bond motifs is 4. The number of nitrogens with one attached hydrogen (secondary N) is 3. The maximum absolute atomic E-state index is 13.0. The predicted molar refractivity (Wildman–Crippen MR) is 94.4 cm³/mol. The third-order valence-corrected chi connectivity index (χ3v) is 6.94. The molecule has 2 bridgehead atoms. The molecule has 0 radical (unpaired) electrons. The van der Waals surface area contributed by atoms with Gasteiger partial charge in [-0.15, -0.1) is 0 Å². The van der Waals surface area contributed by atoms with Crippen LogP contribution < -0.4 is 16.0 Å². The van der Waals surface area contributed by atoms with E-state index < -0.39 is 11.6 Å². The van der Waals surface area contributed by atoms with Crippen LogP contribution in [0.1, 0.15) is 42.9 Å². The average Bonchev–Trinajstić information content (AvgIpc) is 3.32. The summed E-state index contributed by atoms with van der Waals surface area (Å²) in [4.78, 5) is 37.0. The lowest BCUT2D eigenvalue weighted by atomic mass is 9.74. The van der Waals surface area contributed by atoms with Crippen LogP contribution in [0.5, 0.6) is 0 Å². The number of urea groups is 1. The first kappa shape index (κ1) is 16.1. The normalized spacial score (nSPS) is 37.0. The minimum atomic E-state index is -0.886.